The van der Waals surface area contributed by atoms with Crippen molar-refractivity contribution in [3.8, 4) is 0 Å². The van der Waals surface area contributed by atoms with Crippen molar-refractivity contribution in [1.29, 1.82) is 0 Å². The summed E-state index contributed by atoms with van der Waals surface area (Å²) >= 11 is 0. The van der Waals surface area contributed by atoms with Crippen LogP contribution >= 0.6 is 0 Å². The molecule has 6 nitrogen and oxygen atoms in total. The van der Waals surface area contributed by atoms with E-state index in [4.69, 9.17) is 0 Å². The number of hydrogen-bond acceptors (Lipinski definition) is 5. The summed E-state index contributed by atoms with van der Waals surface area (Å²) in [5, 5.41) is 5.80. The number of anilines is 2. The van der Waals surface area contributed by atoms with E-state index < -0.39 is 6.09 Å². The summed E-state index contributed by atoms with van der Waals surface area (Å²) < 4.78 is 4.53. The fourth-order valence-corrected chi connectivity index (χ4v) is 1.49. The minimum Gasteiger partial charge on any atom is -0.453 e. The molecule has 0 aliphatic carbocycles. The number of carbonyl (C=O) groups excluding carboxylic acids is 1. The lowest BCUT2D eigenvalue weighted by Gasteiger charge is -2.08. The molecule has 0 radical (unpaired) electrons. The van der Waals surface area contributed by atoms with E-state index >= 15 is 0 Å². The molecule has 0 aliphatic heterocycles. The zero-order valence-corrected chi connectivity index (χ0v) is 10.5. The number of aromatic nitrogens is 2. The number of rotatable bonds is 4. The van der Waals surface area contributed by atoms with Gasteiger partial charge in [-0.2, -0.15) is 0 Å². The molecular weight excluding hydrogens is 244 g/mol. The second-order valence-corrected chi connectivity index (χ2v) is 3.75. The Hall–Kier alpha value is -2.63. The van der Waals surface area contributed by atoms with Gasteiger partial charge in [-0.1, -0.05) is 6.07 Å². The Morgan fingerprint density at radius 3 is 2.89 bits per heavy atom. The molecule has 1 amide bonds. The van der Waals surface area contributed by atoms with Gasteiger partial charge in [-0.25, -0.2) is 4.79 Å². The molecule has 1 aromatic carbocycles. The summed E-state index contributed by atoms with van der Waals surface area (Å²) in [4.78, 5) is 19.3. The van der Waals surface area contributed by atoms with Crippen LogP contribution in [0.4, 0.5) is 16.2 Å². The first-order valence-electron chi connectivity index (χ1n) is 5.72. The maximum atomic E-state index is 11.1. The minimum absolute atomic E-state index is 0.494. The predicted molar refractivity (Wildman–Crippen MR) is 71.8 cm³/mol. The summed E-state index contributed by atoms with van der Waals surface area (Å²) in [6.45, 7) is 0.565. The normalized spacial score (nSPS) is 9.74. The molecule has 1 heterocycles. The molecule has 6 heteroatoms. The Bertz CT molecular complexity index is 545. The molecule has 0 aliphatic rings. The smallest absolute Gasteiger partial charge is 0.411 e. The van der Waals surface area contributed by atoms with Gasteiger partial charge in [-0.05, 0) is 18.2 Å². The Kier molecular flexibility index (Phi) is 4.28. The highest BCUT2D eigenvalue weighted by molar-refractivity contribution is 5.85. The van der Waals surface area contributed by atoms with Crippen LogP contribution in [0.3, 0.4) is 0 Å². The molecule has 0 fully saturated rings. The largest absolute Gasteiger partial charge is 0.453 e. The van der Waals surface area contributed by atoms with Crippen LogP contribution in [0.15, 0.2) is 42.9 Å². The van der Waals surface area contributed by atoms with Gasteiger partial charge in [0.25, 0.3) is 0 Å². The van der Waals surface area contributed by atoms with Crippen molar-refractivity contribution in [2.24, 2.45) is 0 Å². The lowest BCUT2D eigenvalue weighted by molar-refractivity contribution is 0.187. The molecule has 98 valence electrons. The predicted octanol–water partition coefficient (Wildman–Crippen LogP) is 2.27. The number of nitrogens with one attached hydrogen (secondary N) is 2. The third-order valence-corrected chi connectivity index (χ3v) is 2.38. The molecule has 0 unspecified atom stereocenters. The van der Waals surface area contributed by atoms with Crippen molar-refractivity contribution in [1.82, 2.24) is 9.97 Å². The summed E-state index contributed by atoms with van der Waals surface area (Å²) in [7, 11) is 1.32. The lowest BCUT2D eigenvalue weighted by Crippen LogP contribution is -2.11. The van der Waals surface area contributed by atoms with Crippen LogP contribution in [-0.4, -0.2) is 23.2 Å². The van der Waals surface area contributed by atoms with Gasteiger partial charge in [-0.3, -0.25) is 15.3 Å². The Labute approximate surface area is 110 Å². The third kappa shape index (κ3) is 3.95. The topological polar surface area (TPSA) is 76.1 Å². The van der Waals surface area contributed by atoms with E-state index in [1.165, 1.54) is 7.11 Å². The first-order valence-corrected chi connectivity index (χ1v) is 5.72. The maximum absolute atomic E-state index is 11.1. The van der Waals surface area contributed by atoms with Crippen molar-refractivity contribution in [2.45, 2.75) is 6.54 Å². The molecule has 2 aromatic rings. The van der Waals surface area contributed by atoms with Gasteiger partial charge in [0.1, 0.15) is 0 Å². The highest BCUT2D eigenvalue weighted by Crippen LogP contribution is 2.15. The number of methoxy groups -OCH3 is 1. The number of hydrogen-bond donors (Lipinski definition) is 2. The Morgan fingerprint density at radius 2 is 2.16 bits per heavy atom. The second-order valence-electron chi connectivity index (χ2n) is 3.75. The number of amides is 1. The summed E-state index contributed by atoms with van der Waals surface area (Å²) in [5.74, 6) is 0. The molecule has 0 saturated carbocycles. The molecule has 0 spiro atoms. The monoisotopic (exact) mass is 258 g/mol. The first-order chi connectivity index (χ1) is 9.28. The highest BCUT2D eigenvalue weighted by atomic mass is 16.5. The molecule has 0 atom stereocenters. The Morgan fingerprint density at radius 1 is 1.32 bits per heavy atom. The molecule has 2 rings (SSSR count). The number of carbonyl (C=O) groups is 1. The van der Waals surface area contributed by atoms with Crippen LogP contribution in [0.1, 0.15) is 5.69 Å². The van der Waals surface area contributed by atoms with E-state index in [9.17, 15) is 4.79 Å². The maximum Gasteiger partial charge on any atom is 0.411 e. The zero-order valence-electron chi connectivity index (χ0n) is 10.5. The summed E-state index contributed by atoms with van der Waals surface area (Å²) in [6.07, 6.45) is 4.48. The van der Waals surface area contributed by atoms with Crippen LogP contribution in [0.5, 0.6) is 0 Å². The van der Waals surface area contributed by atoms with Crippen molar-refractivity contribution >= 4 is 17.5 Å². The van der Waals surface area contributed by atoms with Crippen molar-refractivity contribution in [3.63, 3.8) is 0 Å². The van der Waals surface area contributed by atoms with E-state index in [2.05, 4.69) is 25.3 Å². The first kappa shape index (κ1) is 12.8. The number of benzene rings is 1. The van der Waals surface area contributed by atoms with Crippen LogP contribution in [0.25, 0.3) is 0 Å². The summed E-state index contributed by atoms with van der Waals surface area (Å²) in [5.41, 5.74) is 2.38. The van der Waals surface area contributed by atoms with Crippen molar-refractivity contribution in [2.75, 3.05) is 17.7 Å². The van der Waals surface area contributed by atoms with E-state index in [0.29, 0.717) is 12.2 Å². The fraction of sp³-hybridized carbons (Fsp3) is 0.154. The third-order valence-electron chi connectivity index (χ3n) is 2.38. The molecule has 2 N–H and O–H groups in total. The minimum atomic E-state index is -0.494. The molecule has 19 heavy (non-hydrogen) atoms. The van der Waals surface area contributed by atoms with E-state index in [0.717, 1.165) is 11.4 Å². The van der Waals surface area contributed by atoms with Crippen LogP contribution < -0.4 is 10.6 Å². The molecule has 1 aromatic heterocycles. The zero-order chi connectivity index (χ0) is 13.5. The molecule has 0 saturated heterocycles. The Balaban J connectivity index is 1.97. The van der Waals surface area contributed by atoms with Gasteiger partial charge in [-0.15, -0.1) is 0 Å². The van der Waals surface area contributed by atoms with Gasteiger partial charge in [0, 0.05) is 23.8 Å². The van der Waals surface area contributed by atoms with Crippen LogP contribution in [-0.2, 0) is 11.3 Å². The van der Waals surface area contributed by atoms with E-state index in [1.54, 1.807) is 24.7 Å². The molecular formula is C13H14N4O2. The van der Waals surface area contributed by atoms with Crippen LogP contribution in [0, 0.1) is 0 Å². The van der Waals surface area contributed by atoms with Crippen molar-refractivity contribution in [3.05, 3.63) is 48.5 Å². The van der Waals surface area contributed by atoms with Crippen molar-refractivity contribution < 1.29 is 9.53 Å². The van der Waals surface area contributed by atoms with Crippen LogP contribution in [0.2, 0.25) is 0 Å². The fourth-order valence-electron chi connectivity index (χ4n) is 1.49. The van der Waals surface area contributed by atoms with E-state index in [-0.39, 0.29) is 0 Å². The van der Waals surface area contributed by atoms with Gasteiger partial charge >= 0.3 is 6.09 Å². The summed E-state index contributed by atoms with van der Waals surface area (Å²) in [6, 6.07) is 7.33. The molecule has 0 bridgehead atoms. The van der Waals surface area contributed by atoms with Gasteiger partial charge in [0.2, 0.25) is 0 Å². The SMILES string of the molecule is COC(=O)Nc1cccc(NCc2cnccn2)c1. The standard InChI is InChI=1S/C13H14N4O2/c1-19-13(18)17-11-4-2-3-10(7-11)16-9-12-8-14-5-6-15-12/h2-8,16H,9H2,1H3,(H,17,18). The van der Waals surface area contributed by atoms with E-state index in [1.807, 2.05) is 18.2 Å². The average Bonchev–Trinajstić information content (AvgIpc) is 2.46. The average molecular weight is 258 g/mol. The number of ether oxygens (including phenoxy) is 1. The highest BCUT2D eigenvalue weighted by Gasteiger charge is 2.01. The van der Waals surface area contributed by atoms with Gasteiger partial charge in [0.05, 0.1) is 25.5 Å². The van der Waals surface area contributed by atoms with Gasteiger partial charge in [0.15, 0.2) is 0 Å². The second kappa shape index (κ2) is 6.34. The quantitative estimate of drug-likeness (QED) is 0.879. The van der Waals surface area contributed by atoms with Gasteiger partial charge < -0.3 is 10.1 Å². The number of nitrogens with zero attached hydrogens (tertiary/aromatic N) is 2. The lowest BCUT2D eigenvalue weighted by atomic mass is 10.2.